The Bertz CT molecular complexity index is 1220. The second-order valence-corrected chi connectivity index (χ2v) is 9.15. The number of halogens is 1. The molecule has 1 aliphatic heterocycles. The van der Waals surface area contributed by atoms with Gasteiger partial charge in [-0.2, -0.15) is 0 Å². The second kappa shape index (κ2) is 10.5. The van der Waals surface area contributed by atoms with Gasteiger partial charge in [-0.05, 0) is 54.6 Å². The van der Waals surface area contributed by atoms with Crippen LogP contribution < -0.4 is 10.1 Å². The van der Waals surface area contributed by atoms with Crippen molar-refractivity contribution in [3.8, 4) is 33.9 Å². The van der Waals surface area contributed by atoms with Crippen LogP contribution in [-0.4, -0.2) is 54.5 Å². The zero-order chi connectivity index (χ0) is 25.1. The van der Waals surface area contributed by atoms with Crippen LogP contribution in [0.2, 0.25) is 0 Å². The molecule has 2 heterocycles. The Morgan fingerprint density at radius 1 is 1.29 bits per heavy atom. The highest BCUT2D eigenvalue weighted by Gasteiger charge is 2.28. The molecule has 1 aliphatic rings. The molecule has 186 valence electrons. The van der Waals surface area contributed by atoms with Crippen molar-refractivity contribution in [1.29, 1.82) is 0 Å². The van der Waals surface area contributed by atoms with Crippen molar-refractivity contribution < 1.29 is 23.6 Å². The van der Waals surface area contributed by atoms with Crippen LogP contribution in [0, 0.1) is 0 Å². The van der Waals surface area contributed by atoms with E-state index in [-0.39, 0.29) is 24.0 Å². The number of hydrogen-bond donors (Lipinski definition) is 2. The van der Waals surface area contributed by atoms with E-state index < -0.39 is 12.6 Å². The van der Waals surface area contributed by atoms with Gasteiger partial charge >= 0.3 is 0 Å². The third-order valence-corrected chi connectivity index (χ3v) is 6.28. The van der Waals surface area contributed by atoms with Crippen molar-refractivity contribution in [1.82, 2.24) is 15.4 Å². The lowest BCUT2D eigenvalue weighted by Crippen LogP contribution is -2.26. The molecule has 0 fully saturated rings. The summed E-state index contributed by atoms with van der Waals surface area (Å²) in [6.45, 7) is 7.42. The molecule has 0 aliphatic carbocycles. The van der Waals surface area contributed by atoms with Crippen molar-refractivity contribution >= 4 is 5.91 Å². The Morgan fingerprint density at radius 2 is 2.09 bits per heavy atom. The number of amides is 1. The lowest BCUT2D eigenvalue weighted by atomic mass is 9.91. The fraction of sp³-hybridized carbons (Fsp3) is 0.407. The van der Waals surface area contributed by atoms with Gasteiger partial charge in [0.2, 0.25) is 5.76 Å². The quantitative estimate of drug-likeness (QED) is 0.475. The van der Waals surface area contributed by atoms with Crippen molar-refractivity contribution in [2.24, 2.45) is 0 Å². The van der Waals surface area contributed by atoms with E-state index >= 15 is 0 Å². The first kappa shape index (κ1) is 24.7. The third kappa shape index (κ3) is 5.03. The molecule has 2 aromatic carbocycles. The number of aromatic nitrogens is 1. The van der Waals surface area contributed by atoms with Crippen molar-refractivity contribution in [3.63, 3.8) is 0 Å². The Kier molecular flexibility index (Phi) is 7.40. The summed E-state index contributed by atoms with van der Waals surface area (Å²) in [5.41, 5.74) is 5.36. The Balaban J connectivity index is 1.89. The van der Waals surface area contributed by atoms with E-state index in [1.807, 2.05) is 32.9 Å². The third-order valence-electron chi connectivity index (χ3n) is 6.28. The monoisotopic (exact) mass is 481 g/mol. The Hall–Kier alpha value is -3.39. The SMILES string of the molecule is CCOc1cc(O)c(-c2noc(C(=O)NCCF)c2-c2ccc3c(c2)CCN(C)C3)cc1C(C)C. The highest BCUT2D eigenvalue weighted by Crippen LogP contribution is 2.43. The van der Waals surface area contributed by atoms with Gasteiger partial charge in [0.25, 0.3) is 5.91 Å². The van der Waals surface area contributed by atoms with Crippen LogP contribution in [0.15, 0.2) is 34.9 Å². The minimum atomic E-state index is -0.689. The molecule has 1 aromatic heterocycles. The number of carbonyl (C=O) groups is 1. The van der Waals surface area contributed by atoms with Gasteiger partial charge in [-0.3, -0.25) is 4.79 Å². The normalized spacial score (nSPS) is 13.7. The van der Waals surface area contributed by atoms with E-state index in [2.05, 4.69) is 34.6 Å². The number of likely N-dealkylation sites (N-methyl/N-ethyl adjacent to an activating group) is 1. The predicted octanol–water partition coefficient (Wildman–Crippen LogP) is 4.92. The number of nitrogens with zero attached hydrogens (tertiary/aromatic N) is 2. The lowest BCUT2D eigenvalue weighted by molar-refractivity contribution is 0.0915. The molecule has 3 aromatic rings. The summed E-state index contributed by atoms with van der Waals surface area (Å²) >= 11 is 0. The molecule has 0 saturated carbocycles. The molecule has 8 heteroatoms. The molecule has 1 amide bonds. The average molecular weight is 482 g/mol. The summed E-state index contributed by atoms with van der Waals surface area (Å²) < 4.78 is 24.0. The average Bonchev–Trinajstić information content (AvgIpc) is 3.27. The number of hydrogen-bond acceptors (Lipinski definition) is 6. The van der Waals surface area contributed by atoms with Crippen LogP contribution in [0.5, 0.6) is 11.5 Å². The van der Waals surface area contributed by atoms with Gasteiger partial charge in [-0.1, -0.05) is 37.2 Å². The Labute approximate surface area is 204 Å². The van der Waals surface area contributed by atoms with Crippen molar-refractivity contribution in [2.75, 3.05) is 33.4 Å². The summed E-state index contributed by atoms with van der Waals surface area (Å²) in [4.78, 5) is 15.1. The summed E-state index contributed by atoms with van der Waals surface area (Å²) in [6.07, 6.45) is 0.884. The van der Waals surface area contributed by atoms with Gasteiger partial charge in [0.1, 0.15) is 23.9 Å². The van der Waals surface area contributed by atoms with Crippen LogP contribution in [-0.2, 0) is 13.0 Å². The molecular formula is C27H32FN3O4. The maximum absolute atomic E-state index is 12.9. The summed E-state index contributed by atoms with van der Waals surface area (Å²) in [5.74, 6) is 0.138. The molecule has 0 spiro atoms. The molecule has 0 bridgehead atoms. The van der Waals surface area contributed by atoms with E-state index in [4.69, 9.17) is 9.26 Å². The van der Waals surface area contributed by atoms with Crippen molar-refractivity contribution in [3.05, 3.63) is 52.8 Å². The molecule has 0 saturated heterocycles. The number of alkyl halides is 1. The number of phenolic OH excluding ortho intramolecular Hbond substituents is 1. The van der Waals surface area contributed by atoms with Crippen LogP contribution in [0.3, 0.4) is 0 Å². The number of rotatable bonds is 8. The van der Waals surface area contributed by atoms with Crippen LogP contribution >= 0.6 is 0 Å². The van der Waals surface area contributed by atoms with E-state index in [1.165, 1.54) is 11.1 Å². The van der Waals surface area contributed by atoms with Crippen LogP contribution in [0.4, 0.5) is 4.39 Å². The maximum Gasteiger partial charge on any atom is 0.290 e. The first-order valence-electron chi connectivity index (χ1n) is 12.0. The summed E-state index contributed by atoms with van der Waals surface area (Å²) in [7, 11) is 2.09. The van der Waals surface area contributed by atoms with E-state index in [0.717, 1.165) is 30.6 Å². The molecule has 2 N–H and O–H groups in total. The molecule has 4 rings (SSSR count). The number of nitrogens with one attached hydrogen (secondary N) is 1. The van der Waals surface area contributed by atoms with E-state index in [0.29, 0.717) is 29.2 Å². The highest BCUT2D eigenvalue weighted by molar-refractivity contribution is 6.02. The maximum atomic E-state index is 12.9. The summed E-state index contributed by atoms with van der Waals surface area (Å²) in [5, 5.41) is 17.7. The highest BCUT2D eigenvalue weighted by atomic mass is 19.1. The topological polar surface area (TPSA) is 87.8 Å². The minimum Gasteiger partial charge on any atom is -0.507 e. The second-order valence-electron chi connectivity index (χ2n) is 9.15. The fourth-order valence-electron chi connectivity index (χ4n) is 4.49. The van der Waals surface area contributed by atoms with Gasteiger partial charge in [-0.15, -0.1) is 0 Å². The Morgan fingerprint density at radius 3 is 2.80 bits per heavy atom. The van der Waals surface area contributed by atoms with Crippen molar-refractivity contribution in [2.45, 2.75) is 39.7 Å². The number of carbonyl (C=O) groups excluding carboxylic acids is 1. The zero-order valence-electron chi connectivity index (χ0n) is 20.7. The largest absolute Gasteiger partial charge is 0.507 e. The number of aromatic hydroxyl groups is 1. The molecular weight excluding hydrogens is 449 g/mol. The van der Waals surface area contributed by atoms with Gasteiger partial charge < -0.3 is 24.6 Å². The van der Waals surface area contributed by atoms with Crippen LogP contribution in [0.1, 0.15) is 53.9 Å². The number of ether oxygens (including phenoxy) is 1. The smallest absolute Gasteiger partial charge is 0.290 e. The van der Waals surface area contributed by atoms with Gasteiger partial charge in [0, 0.05) is 31.3 Å². The van der Waals surface area contributed by atoms with Gasteiger partial charge in [0.15, 0.2) is 0 Å². The fourth-order valence-corrected chi connectivity index (χ4v) is 4.49. The predicted molar refractivity (Wildman–Crippen MR) is 133 cm³/mol. The lowest BCUT2D eigenvalue weighted by Gasteiger charge is -2.25. The molecule has 0 radical (unpaired) electrons. The molecule has 0 unspecified atom stereocenters. The molecule has 7 nitrogen and oxygen atoms in total. The first-order chi connectivity index (χ1) is 16.8. The van der Waals surface area contributed by atoms with E-state index in [9.17, 15) is 14.3 Å². The van der Waals surface area contributed by atoms with E-state index in [1.54, 1.807) is 6.07 Å². The zero-order valence-corrected chi connectivity index (χ0v) is 20.7. The number of fused-ring (bicyclic) bond motifs is 1. The molecule has 35 heavy (non-hydrogen) atoms. The number of benzene rings is 2. The summed E-state index contributed by atoms with van der Waals surface area (Å²) in [6, 6.07) is 9.47. The van der Waals surface area contributed by atoms with Gasteiger partial charge in [0.05, 0.1) is 12.2 Å². The first-order valence-corrected chi connectivity index (χ1v) is 12.0. The minimum absolute atomic E-state index is 0.0132. The van der Waals surface area contributed by atoms with Crippen LogP contribution in [0.25, 0.3) is 22.4 Å². The standard InChI is InChI=1S/C27H32FN3O4/c1-5-34-23-14-22(32)21(13-20(23)16(2)3)25-24(26(35-30-25)27(33)29-10-9-28)18-6-7-19-15-31(4)11-8-17(19)12-18/h6-7,12-14,16,32H,5,8-11,15H2,1-4H3,(H,29,33). The molecule has 0 atom stereocenters. The number of phenols is 1. The van der Waals surface area contributed by atoms with Gasteiger partial charge in [-0.25, -0.2) is 4.39 Å².